The molecule has 1 fully saturated rings. The number of halogens is 1. The molecule has 1 aromatic carbocycles. The van der Waals surface area contributed by atoms with E-state index in [1.54, 1.807) is 6.92 Å². The molecule has 0 saturated heterocycles. The van der Waals surface area contributed by atoms with Crippen molar-refractivity contribution in [2.75, 3.05) is 0 Å². The summed E-state index contributed by atoms with van der Waals surface area (Å²) >= 11 is 0. The summed E-state index contributed by atoms with van der Waals surface area (Å²) in [7, 11) is 0. The quantitative estimate of drug-likeness (QED) is 0.800. The molecular formula is C17H21FN2O4. The zero-order valence-electron chi connectivity index (χ0n) is 13.5. The molecule has 1 saturated carbocycles. The molecule has 0 spiro atoms. The fourth-order valence-corrected chi connectivity index (χ4v) is 3.73. The highest BCUT2D eigenvalue weighted by molar-refractivity contribution is 5.83. The summed E-state index contributed by atoms with van der Waals surface area (Å²) in [6.07, 6.45) is 4.43. The number of phenolic OH excluding ortho intramolecular Hbond substituents is 1. The molecule has 0 bridgehead atoms. The average Bonchev–Trinajstić information content (AvgIpc) is 2.51. The largest absolute Gasteiger partial charge is 0.504 e. The molecule has 0 aliphatic heterocycles. The monoisotopic (exact) mass is 336 g/mol. The second-order valence-electron chi connectivity index (χ2n) is 6.76. The molecule has 0 amide bonds. The van der Waals surface area contributed by atoms with Gasteiger partial charge in [0.1, 0.15) is 5.39 Å². The number of phenols is 1. The third kappa shape index (κ3) is 2.84. The van der Waals surface area contributed by atoms with Crippen molar-refractivity contribution in [3.8, 4) is 5.75 Å². The average molecular weight is 336 g/mol. The number of aromatic hydroxyl groups is 1. The highest BCUT2D eigenvalue weighted by atomic mass is 19.1. The van der Waals surface area contributed by atoms with Gasteiger partial charge >= 0.3 is 5.69 Å². The van der Waals surface area contributed by atoms with Crippen LogP contribution >= 0.6 is 0 Å². The van der Waals surface area contributed by atoms with Gasteiger partial charge in [-0.05, 0) is 38.3 Å². The number of hydrogen-bond donors (Lipinski definition) is 3. The molecule has 3 rings (SSSR count). The molecule has 1 aliphatic carbocycles. The van der Waals surface area contributed by atoms with Crippen LogP contribution in [0.15, 0.2) is 21.7 Å². The Kier molecular flexibility index (Phi) is 4.21. The summed E-state index contributed by atoms with van der Waals surface area (Å²) < 4.78 is 14.5. The van der Waals surface area contributed by atoms with Crippen LogP contribution in [0.2, 0.25) is 0 Å². The number of fused-ring (bicyclic) bond motifs is 1. The summed E-state index contributed by atoms with van der Waals surface area (Å²) in [4.78, 5) is 27.4. The number of aliphatic hydroxyl groups is 1. The first kappa shape index (κ1) is 16.7. The fourth-order valence-electron chi connectivity index (χ4n) is 3.73. The minimum Gasteiger partial charge on any atom is -0.504 e. The standard InChI is InChI=1S/C17H21FN2O4/c1-10(9-17(24)7-3-2-4-8-17)20-15(22)13-12(19-16(20)23)6-5-11(18)14(13)21/h5-6,10,21,24H,2-4,7-9H2,1H3,(H,19,23). The normalized spacial score (nSPS) is 18.6. The van der Waals surface area contributed by atoms with Gasteiger partial charge in [-0.25, -0.2) is 9.18 Å². The van der Waals surface area contributed by atoms with Crippen molar-refractivity contribution in [2.24, 2.45) is 0 Å². The number of H-pyrrole nitrogens is 1. The smallest absolute Gasteiger partial charge is 0.329 e. The molecular weight excluding hydrogens is 315 g/mol. The molecule has 1 heterocycles. The predicted molar refractivity (Wildman–Crippen MR) is 87.8 cm³/mol. The van der Waals surface area contributed by atoms with Crippen LogP contribution in [-0.2, 0) is 0 Å². The Morgan fingerprint density at radius 3 is 2.62 bits per heavy atom. The molecule has 1 atom stereocenters. The molecule has 24 heavy (non-hydrogen) atoms. The SMILES string of the molecule is CC(CC1(O)CCCCC1)n1c(=O)[nH]c2ccc(F)c(O)c2c1=O. The minimum absolute atomic E-state index is 0.0868. The van der Waals surface area contributed by atoms with Crippen LogP contribution in [0.4, 0.5) is 4.39 Å². The van der Waals surface area contributed by atoms with Gasteiger partial charge < -0.3 is 15.2 Å². The molecule has 130 valence electrons. The van der Waals surface area contributed by atoms with E-state index < -0.39 is 34.5 Å². The summed E-state index contributed by atoms with van der Waals surface area (Å²) in [5, 5.41) is 20.3. The second-order valence-corrected chi connectivity index (χ2v) is 6.76. The molecule has 1 aromatic heterocycles. The first-order valence-corrected chi connectivity index (χ1v) is 8.21. The lowest BCUT2D eigenvalue weighted by Crippen LogP contribution is -2.41. The summed E-state index contributed by atoms with van der Waals surface area (Å²) in [5.74, 6) is -1.69. The summed E-state index contributed by atoms with van der Waals surface area (Å²) in [6, 6.07) is 1.67. The number of nitrogens with zero attached hydrogens (tertiary/aromatic N) is 1. The van der Waals surface area contributed by atoms with E-state index in [4.69, 9.17) is 0 Å². The summed E-state index contributed by atoms with van der Waals surface area (Å²) in [5.41, 5.74) is -2.20. The minimum atomic E-state index is -0.920. The molecule has 1 aliphatic rings. The van der Waals surface area contributed by atoms with E-state index in [0.717, 1.165) is 29.9 Å². The highest BCUT2D eigenvalue weighted by Gasteiger charge is 2.32. The first-order valence-electron chi connectivity index (χ1n) is 8.21. The second kappa shape index (κ2) is 6.05. The lowest BCUT2D eigenvalue weighted by Gasteiger charge is -2.34. The molecule has 7 heteroatoms. The zero-order chi connectivity index (χ0) is 17.5. The Balaban J connectivity index is 2.07. The topological polar surface area (TPSA) is 95.3 Å². The maximum absolute atomic E-state index is 13.6. The van der Waals surface area contributed by atoms with E-state index in [1.807, 2.05) is 0 Å². The lowest BCUT2D eigenvalue weighted by molar-refractivity contribution is -0.0148. The van der Waals surface area contributed by atoms with Crippen molar-refractivity contribution in [1.82, 2.24) is 9.55 Å². The van der Waals surface area contributed by atoms with Crippen LogP contribution in [0, 0.1) is 5.82 Å². The van der Waals surface area contributed by atoms with Gasteiger partial charge in [0.15, 0.2) is 11.6 Å². The van der Waals surface area contributed by atoms with Crippen molar-refractivity contribution < 1.29 is 14.6 Å². The van der Waals surface area contributed by atoms with Gasteiger partial charge in [0.25, 0.3) is 5.56 Å². The number of benzene rings is 1. The molecule has 3 N–H and O–H groups in total. The lowest BCUT2D eigenvalue weighted by atomic mass is 9.80. The Hall–Kier alpha value is -2.15. The van der Waals surface area contributed by atoms with Crippen molar-refractivity contribution >= 4 is 10.9 Å². The third-order valence-electron chi connectivity index (χ3n) is 4.92. The molecule has 0 radical (unpaired) electrons. The number of hydrogen-bond acceptors (Lipinski definition) is 4. The van der Waals surface area contributed by atoms with Crippen LogP contribution in [0.3, 0.4) is 0 Å². The Labute approximate surface area is 137 Å². The van der Waals surface area contributed by atoms with Crippen LogP contribution in [0.25, 0.3) is 10.9 Å². The first-order chi connectivity index (χ1) is 11.3. The molecule has 1 unspecified atom stereocenters. The van der Waals surface area contributed by atoms with Gasteiger partial charge in [0.05, 0.1) is 11.1 Å². The van der Waals surface area contributed by atoms with Crippen LogP contribution in [-0.4, -0.2) is 25.4 Å². The van der Waals surface area contributed by atoms with E-state index in [0.29, 0.717) is 12.8 Å². The van der Waals surface area contributed by atoms with Crippen molar-refractivity contribution in [3.63, 3.8) is 0 Å². The van der Waals surface area contributed by atoms with E-state index in [2.05, 4.69) is 4.98 Å². The molecule has 2 aromatic rings. The molecule has 6 nitrogen and oxygen atoms in total. The van der Waals surface area contributed by atoms with E-state index in [-0.39, 0.29) is 17.3 Å². The maximum Gasteiger partial charge on any atom is 0.329 e. The van der Waals surface area contributed by atoms with Gasteiger partial charge in [-0.2, -0.15) is 0 Å². The van der Waals surface area contributed by atoms with Crippen molar-refractivity contribution in [3.05, 3.63) is 38.8 Å². The maximum atomic E-state index is 13.6. The number of aromatic amines is 1. The predicted octanol–water partition coefficient (Wildman–Crippen LogP) is 2.18. The highest BCUT2D eigenvalue weighted by Crippen LogP contribution is 2.34. The van der Waals surface area contributed by atoms with Gasteiger partial charge in [-0.1, -0.05) is 19.3 Å². The van der Waals surface area contributed by atoms with Gasteiger partial charge in [-0.3, -0.25) is 9.36 Å². The van der Waals surface area contributed by atoms with Gasteiger partial charge in [0, 0.05) is 6.04 Å². The number of rotatable bonds is 3. The van der Waals surface area contributed by atoms with Crippen molar-refractivity contribution in [1.29, 1.82) is 0 Å². The third-order valence-corrected chi connectivity index (χ3v) is 4.92. The van der Waals surface area contributed by atoms with Gasteiger partial charge in [0.2, 0.25) is 0 Å². The zero-order valence-corrected chi connectivity index (χ0v) is 13.5. The fraction of sp³-hybridized carbons (Fsp3) is 0.529. The van der Waals surface area contributed by atoms with Crippen LogP contribution in [0.1, 0.15) is 51.5 Å². The summed E-state index contributed by atoms with van der Waals surface area (Å²) in [6.45, 7) is 1.67. The van der Waals surface area contributed by atoms with E-state index in [1.165, 1.54) is 6.07 Å². The number of nitrogens with one attached hydrogen (secondary N) is 1. The Morgan fingerprint density at radius 2 is 1.96 bits per heavy atom. The van der Waals surface area contributed by atoms with Gasteiger partial charge in [-0.15, -0.1) is 0 Å². The van der Waals surface area contributed by atoms with Crippen LogP contribution < -0.4 is 11.2 Å². The van der Waals surface area contributed by atoms with Crippen molar-refractivity contribution in [2.45, 2.75) is 57.1 Å². The van der Waals surface area contributed by atoms with E-state index in [9.17, 15) is 24.2 Å². The van der Waals surface area contributed by atoms with E-state index >= 15 is 0 Å². The Morgan fingerprint density at radius 1 is 1.29 bits per heavy atom. The van der Waals surface area contributed by atoms with Crippen LogP contribution in [0.5, 0.6) is 5.75 Å². The Bertz CT molecular complexity index is 881. The number of aromatic nitrogens is 2.